The molecule has 1 unspecified atom stereocenters. The molecule has 0 bridgehead atoms. The third-order valence-electron chi connectivity index (χ3n) is 5.35. The molecule has 0 spiro atoms. The highest BCUT2D eigenvalue weighted by Gasteiger charge is 2.25. The van der Waals surface area contributed by atoms with E-state index in [0.29, 0.717) is 23.1 Å². The Balaban J connectivity index is 1.39. The third-order valence-corrected chi connectivity index (χ3v) is 6.62. The second-order valence-electron chi connectivity index (χ2n) is 7.42. The summed E-state index contributed by atoms with van der Waals surface area (Å²) in [6.07, 6.45) is 4.96. The van der Waals surface area contributed by atoms with Gasteiger partial charge in [0.25, 0.3) is 0 Å². The summed E-state index contributed by atoms with van der Waals surface area (Å²) in [6, 6.07) is 7.38. The van der Waals surface area contributed by atoms with Gasteiger partial charge in [0.05, 0.1) is 18.4 Å². The van der Waals surface area contributed by atoms with E-state index in [2.05, 4.69) is 10.3 Å². The topological polar surface area (TPSA) is 73.2 Å². The molecule has 1 amide bonds. The number of nitrogens with zero attached hydrogens (tertiary/aromatic N) is 2. The van der Waals surface area contributed by atoms with Gasteiger partial charge in [-0.05, 0) is 49.8 Å². The van der Waals surface area contributed by atoms with Crippen molar-refractivity contribution in [2.45, 2.75) is 56.3 Å². The fourth-order valence-corrected chi connectivity index (χ4v) is 4.91. The molecule has 1 atom stereocenters. The first kappa shape index (κ1) is 20.4. The quantitative estimate of drug-likeness (QED) is 0.536. The van der Waals surface area contributed by atoms with Crippen molar-refractivity contribution < 1.29 is 9.53 Å². The van der Waals surface area contributed by atoms with E-state index in [-0.39, 0.29) is 23.5 Å². The van der Waals surface area contributed by atoms with Crippen LogP contribution in [0.15, 0.2) is 34.1 Å². The number of hydrogen-bond acceptors (Lipinski definition) is 5. The molecule has 2 heterocycles. The first-order valence-corrected chi connectivity index (χ1v) is 11.3. The normalized spacial score (nSPS) is 18.0. The minimum absolute atomic E-state index is 0.0815. The molecule has 1 N–H and O–H groups in total. The molecular weight excluding hydrogens is 410 g/mol. The van der Waals surface area contributed by atoms with Crippen LogP contribution in [0, 0.1) is 0 Å². The van der Waals surface area contributed by atoms with Crippen molar-refractivity contribution in [2.24, 2.45) is 0 Å². The first-order valence-electron chi connectivity index (χ1n) is 9.98. The highest BCUT2D eigenvalue weighted by atomic mass is 35.5. The summed E-state index contributed by atoms with van der Waals surface area (Å²) in [4.78, 5) is 29.2. The van der Waals surface area contributed by atoms with E-state index in [0.717, 1.165) is 55.5 Å². The minimum atomic E-state index is -0.231. The molecule has 0 saturated carbocycles. The van der Waals surface area contributed by atoms with E-state index in [9.17, 15) is 9.59 Å². The summed E-state index contributed by atoms with van der Waals surface area (Å²) in [7, 11) is 0. The molecule has 6 nitrogen and oxygen atoms in total. The lowest BCUT2D eigenvalue weighted by atomic mass is 10.2. The van der Waals surface area contributed by atoms with E-state index in [1.54, 1.807) is 16.7 Å². The van der Waals surface area contributed by atoms with Crippen molar-refractivity contribution in [3.63, 3.8) is 0 Å². The molecule has 1 saturated heterocycles. The van der Waals surface area contributed by atoms with Crippen molar-refractivity contribution >= 4 is 29.3 Å². The van der Waals surface area contributed by atoms with Crippen molar-refractivity contribution in [2.75, 3.05) is 12.4 Å². The summed E-state index contributed by atoms with van der Waals surface area (Å²) >= 11 is 7.23. The molecule has 1 aromatic heterocycles. The van der Waals surface area contributed by atoms with Crippen molar-refractivity contribution in [1.82, 2.24) is 14.9 Å². The Hall–Kier alpha value is -1.83. The number of carbonyl (C=O) groups excluding carboxylic acids is 1. The van der Waals surface area contributed by atoms with Gasteiger partial charge in [-0.15, -0.1) is 0 Å². The Bertz CT molecular complexity index is 939. The van der Waals surface area contributed by atoms with E-state index >= 15 is 0 Å². The smallest absolute Gasteiger partial charge is 0.348 e. The molecule has 1 aliphatic carbocycles. The molecule has 8 heteroatoms. The summed E-state index contributed by atoms with van der Waals surface area (Å²) in [5.41, 5.74) is 2.95. The van der Waals surface area contributed by atoms with Crippen LogP contribution in [0.2, 0.25) is 5.02 Å². The number of aromatic nitrogens is 2. The number of hydrogen-bond donors (Lipinski definition) is 1. The third kappa shape index (κ3) is 5.02. The summed E-state index contributed by atoms with van der Waals surface area (Å²) < 4.78 is 7.49. The average Bonchev–Trinajstić information content (AvgIpc) is 3.40. The standard InChI is InChI=1S/C21H24ClN3O3S/c22-15-8-6-14(7-9-15)11-23-19(26)13-29-20-17-4-1-5-18(17)25(21(27)24-20)12-16-3-2-10-28-16/h6-9,16H,1-5,10-13H2,(H,23,26). The van der Waals surface area contributed by atoms with Gasteiger partial charge in [0.2, 0.25) is 5.91 Å². The number of nitrogens with one attached hydrogen (secondary N) is 1. The largest absolute Gasteiger partial charge is 0.376 e. The van der Waals surface area contributed by atoms with Gasteiger partial charge in [0.15, 0.2) is 0 Å². The Kier molecular flexibility index (Phi) is 6.57. The maximum absolute atomic E-state index is 12.6. The first-order chi connectivity index (χ1) is 14.1. The van der Waals surface area contributed by atoms with Gasteiger partial charge in [0, 0.05) is 29.4 Å². The Morgan fingerprint density at radius 1 is 1.28 bits per heavy atom. The fraction of sp³-hybridized carbons (Fsp3) is 0.476. The molecule has 2 aliphatic rings. The van der Waals surface area contributed by atoms with E-state index in [4.69, 9.17) is 16.3 Å². The number of rotatable bonds is 7. The SMILES string of the molecule is O=C(CSc1nc(=O)n(CC2CCCO2)c2c1CCC2)NCc1ccc(Cl)cc1. The molecular formula is C21H24ClN3O3S. The van der Waals surface area contributed by atoms with Gasteiger partial charge in [-0.25, -0.2) is 4.79 Å². The lowest BCUT2D eigenvalue weighted by molar-refractivity contribution is -0.118. The van der Waals surface area contributed by atoms with Crippen LogP contribution in [-0.4, -0.2) is 33.9 Å². The molecule has 1 aliphatic heterocycles. The zero-order chi connectivity index (χ0) is 20.2. The number of carbonyl (C=O) groups is 1. The van der Waals surface area contributed by atoms with E-state index in [1.165, 1.54) is 11.8 Å². The van der Waals surface area contributed by atoms with Crippen LogP contribution in [0.1, 0.15) is 36.1 Å². The van der Waals surface area contributed by atoms with Crippen LogP contribution < -0.4 is 11.0 Å². The molecule has 1 aromatic carbocycles. The summed E-state index contributed by atoms with van der Waals surface area (Å²) in [5, 5.41) is 4.27. The van der Waals surface area contributed by atoms with E-state index < -0.39 is 0 Å². The van der Waals surface area contributed by atoms with Crippen LogP contribution in [0.5, 0.6) is 0 Å². The number of amides is 1. The maximum Gasteiger partial charge on any atom is 0.348 e. The zero-order valence-electron chi connectivity index (χ0n) is 16.2. The molecule has 2 aromatic rings. The van der Waals surface area contributed by atoms with Gasteiger partial charge >= 0.3 is 5.69 Å². The van der Waals surface area contributed by atoms with Gasteiger partial charge in [0.1, 0.15) is 5.03 Å². The van der Waals surface area contributed by atoms with Crippen LogP contribution >= 0.6 is 23.4 Å². The lowest BCUT2D eigenvalue weighted by Crippen LogP contribution is -2.32. The summed E-state index contributed by atoms with van der Waals surface area (Å²) in [5.74, 6) is 0.157. The van der Waals surface area contributed by atoms with Crippen LogP contribution in [0.3, 0.4) is 0 Å². The van der Waals surface area contributed by atoms with E-state index in [1.807, 2.05) is 12.1 Å². The van der Waals surface area contributed by atoms with Crippen LogP contribution in [0.25, 0.3) is 0 Å². The maximum atomic E-state index is 12.6. The van der Waals surface area contributed by atoms with Crippen molar-refractivity contribution in [3.8, 4) is 0 Å². The van der Waals surface area contributed by atoms with Gasteiger partial charge < -0.3 is 10.1 Å². The number of ether oxygens (including phenoxy) is 1. The lowest BCUT2D eigenvalue weighted by Gasteiger charge is -2.17. The second kappa shape index (κ2) is 9.32. The Morgan fingerprint density at radius 2 is 2.10 bits per heavy atom. The average molecular weight is 434 g/mol. The molecule has 0 radical (unpaired) electrons. The number of benzene rings is 1. The minimum Gasteiger partial charge on any atom is -0.376 e. The summed E-state index contributed by atoms with van der Waals surface area (Å²) in [6.45, 7) is 1.81. The predicted octanol–water partition coefficient (Wildman–Crippen LogP) is 2.97. The van der Waals surface area contributed by atoms with Crippen molar-refractivity contribution in [3.05, 3.63) is 56.6 Å². The number of halogens is 1. The second-order valence-corrected chi connectivity index (χ2v) is 8.82. The van der Waals surface area contributed by atoms with Crippen molar-refractivity contribution in [1.29, 1.82) is 0 Å². The van der Waals surface area contributed by atoms with Gasteiger partial charge in [-0.3, -0.25) is 9.36 Å². The van der Waals surface area contributed by atoms with Crippen LogP contribution in [-0.2, 0) is 35.5 Å². The number of thioether (sulfide) groups is 1. The highest BCUT2D eigenvalue weighted by Crippen LogP contribution is 2.29. The number of fused-ring (bicyclic) bond motifs is 1. The van der Waals surface area contributed by atoms with Crippen LogP contribution in [0.4, 0.5) is 0 Å². The highest BCUT2D eigenvalue weighted by molar-refractivity contribution is 7.99. The predicted molar refractivity (Wildman–Crippen MR) is 114 cm³/mol. The zero-order valence-corrected chi connectivity index (χ0v) is 17.7. The molecule has 4 rings (SSSR count). The van der Waals surface area contributed by atoms with Gasteiger partial charge in [-0.1, -0.05) is 35.5 Å². The Morgan fingerprint density at radius 3 is 2.86 bits per heavy atom. The molecule has 154 valence electrons. The fourth-order valence-electron chi connectivity index (χ4n) is 3.87. The van der Waals surface area contributed by atoms with Gasteiger partial charge in [-0.2, -0.15) is 4.98 Å². The monoisotopic (exact) mass is 433 g/mol. The molecule has 29 heavy (non-hydrogen) atoms. The Labute approximate surface area is 179 Å². The molecule has 1 fully saturated rings.